The Kier molecular flexibility index (Phi) is 6.61. The number of halogens is 1. The van der Waals surface area contributed by atoms with Crippen LogP contribution in [0.4, 0.5) is 15.9 Å². The molecule has 10 heteroatoms. The number of pyridine rings is 1. The molecule has 172 valence electrons. The van der Waals surface area contributed by atoms with E-state index < -0.39 is 21.8 Å². The Bertz CT molecular complexity index is 1060. The smallest absolute Gasteiger partial charge is 0.339 e. The number of benzene rings is 1. The van der Waals surface area contributed by atoms with Crippen LogP contribution in [0.25, 0.3) is 0 Å². The van der Waals surface area contributed by atoms with Crippen molar-refractivity contribution in [1.29, 1.82) is 0 Å². The summed E-state index contributed by atoms with van der Waals surface area (Å²) in [6.07, 6.45) is 6.97. The molecule has 2 aliphatic rings. The van der Waals surface area contributed by atoms with Crippen molar-refractivity contribution in [1.82, 2.24) is 9.88 Å². The Morgan fingerprint density at radius 2 is 1.72 bits per heavy atom. The molecule has 0 spiro atoms. The number of hydrogen-bond acceptors (Lipinski definition) is 6. The van der Waals surface area contributed by atoms with Gasteiger partial charge in [0.25, 0.3) is 10.0 Å². The molecule has 8 nitrogen and oxygen atoms in total. The van der Waals surface area contributed by atoms with Crippen molar-refractivity contribution < 1.29 is 22.7 Å². The fourth-order valence-electron chi connectivity index (χ4n) is 4.48. The highest BCUT2D eigenvalue weighted by atomic mass is 32.2. The zero-order valence-corrected chi connectivity index (χ0v) is 18.5. The van der Waals surface area contributed by atoms with E-state index in [1.807, 2.05) is 4.90 Å². The van der Waals surface area contributed by atoms with E-state index >= 15 is 0 Å². The van der Waals surface area contributed by atoms with Gasteiger partial charge in [0.05, 0.1) is 16.8 Å². The number of carboxylic acid groups (broad SMARTS) is 1. The summed E-state index contributed by atoms with van der Waals surface area (Å²) in [6.45, 7) is 3.67. The van der Waals surface area contributed by atoms with Crippen LogP contribution in [0.2, 0.25) is 0 Å². The maximum absolute atomic E-state index is 13.1. The van der Waals surface area contributed by atoms with Gasteiger partial charge in [-0.2, -0.15) is 0 Å². The summed E-state index contributed by atoms with van der Waals surface area (Å²) in [6, 6.07) is 6.18. The van der Waals surface area contributed by atoms with Crippen molar-refractivity contribution in [2.75, 3.05) is 35.8 Å². The maximum Gasteiger partial charge on any atom is 0.339 e. The number of carbonyl (C=O) groups is 1. The van der Waals surface area contributed by atoms with Gasteiger partial charge in [0.1, 0.15) is 17.2 Å². The van der Waals surface area contributed by atoms with Gasteiger partial charge in [0.2, 0.25) is 0 Å². The number of carboxylic acids is 1. The Morgan fingerprint density at radius 3 is 2.34 bits per heavy atom. The highest BCUT2D eigenvalue weighted by Gasteiger charge is 2.28. The van der Waals surface area contributed by atoms with Gasteiger partial charge in [-0.25, -0.2) is 22.6 Å². The van der Waals surface area contributed by atoms with E-state index in [9.17, 15) is 22.7 Å². The van der Waals surface area contributed by atoms with Crippen LogP contribution < -0.4 is 9.62 Å². The molecular formula is C22H27FN4O4S. The van der Waals surface area contributed by atoms with Crippen LogP contribution in [-0.4, -0.2) is 61.6 Å². The number of rotatable bonds is 6. The number of anilines is 2. The highest BCUT2D eigenvalue weighted by Crippen LogP contribution is 2.28. The third-order valence-corrected chi connectivity index (χ3v) is 7.54. The van der Waals surface area contributed by atoms with Gasteiger partial charge < -0.3 is 14.9 Å². The van der Waals surface area contributed by atoms with Gasteiger partial charge in [0.15, 0.2) is 0 Å². The van der Waals surface area contributed by atoms with Crippen LogP contribution in [0.5, 0.6) is 0 Å². The second kappa shape index (κ2) is 9.41. The van der Waals surface area contributed by atoms with E-state index in [1.165, 1.54) is 31.5 Å². The fourth-order valence-corrected chi connectivity index (χ4v) is 5.51. The number of aromatic carboxylic acids is 1. The fraction of sp³-hybridized carbons (Fsp3) is 0.455. The Morgan fingerprint density at radius 1 is 1.06 bits per heavy atom. The molecule has 3 heterocycles. The van der Waals surface area contributed by atoms with E-state index in [1.54, 1.807) is 0 Å². The monoisotopic (exact) mass is 462 g/mol. The van der Waals surface area contributed by atoms with Crippen LogP contribution >= 0.6 is 0 Å². The normalized spacial score (nSPS) is 18.5. The summed E-state index contributed by atoms with van der Waals surface area (Å²) in [5.74, 6) is -1.38. The molecule has 2 aliphatic heterocycles. The minimum absolute atomic E-state index is 0.0404. The number of nitrogens with one attached hydrogen (secondary N) is 1. The summed E-state index contributed by atoms with van der Waals surface area (Å²) >= 11 is 0. The number of nitrogens with zero attached hydrogens (tertiary/aromatic N) is 3. The lowest BCUT2D eigenvalue weighted by Gasteiger charge is -2.40. The molecule has 1 aromatic heterocycles. The van der Waals surface area contributed by atoms with Crippen molar-refractivity contribution in [2.45, 2.75) is 43.0 Å². The average molecular weight is 463 g/mol. The summed E-state index contributed by atoms with van der Waals surface area (Å²) in [4.78, 5) is 20.6. The molecule has 1 aromatic carbocycles. The molecule has 2 saturated heterocycles. The minimum atomic E-state index is -4.00. The van der Waals surface area contributed by atoms with E-state index in [4.69, 9.17) is 0 Å². The lowest BCUT2D eigenvalue weighted by molar-refractivity contribution is 0.0697. The second-order valence-electron chi connectivity index (χ2n) is 8.27. The third kappa shape index (κ3) is 5.02. The first-order valence-electron chi connectivity index (χ1n) is 10.8. The van der Waals surface area contributed by atoms with Crippen molar-refractivity contribution in [3.8, 4) is 0 Å². The molecule has 0 saturated carbocycles. The van der Waals surface area contributed by atoms with Crippen molar-refractivity contribution in [3.63, 3.8) is 0 Å². The van der Waals surface area contributed by atoms with E-state index in [0.717, 1.165) is 50.2 Å². The number of sulfonamides is 1. The first-order valence-corrected chi connectivity index (χ1v) is 12.3. The van der Waals surface area contributed by atoms with Gasteiger partial charge in [-0.1, -0.05) is 6.42 Å². The topological polar surface area (TPSA) is 103 Å². The number of aromatic nitrogens is 1. The molecule has 0 atom stereocenters. The molecule has 0 amide bonds. The summed E-state index contributed by atoms with van der Waals surface area (Å²) in [7, 11) is -4.00. The second-order valence-corrected chi connectivity index (χ2v) is 9.96. The standard InChI is InChI=1S/C22H27FN4O4S/c23-16-4-6-19(7-5-16)32(30,31)25-17-14-20(22(28)29)21(24-15-17)27-12-8-18(9-13-27)26-10-2-1-3-11-26/h4-7,14-15,18,25H,1-3,8-13H2,(H,28,29). The van der Waals surface area contributed by atoms with Crippen LogP contribution in [0.1, 0.15) is 42.5 Å². The maximum atomic E-state index is 13.1. The lowest BCUT2D eigenvalue weighted by atomic mass is 9.99. The van der Waals surface area contributed by atoms with Crippen LogP contribution in [-0.2, 0) is 10.0 Å². The van der Waals surface area contributed by atoms with Crippen molar-refractivity contribution in [2.24, 2.45) is 0 Å². The zero-order chi connectivity index (χ0) is 22.7. The molecule has 2 aromatic rings. The Labute approximate surface area is 187 Å². The summed E-state index contributed by atoms with van der Waals surface area (Å²) in [5.41, 5.74) is -0.0144. The molecule has 0 bridgehead atoms. The van der Waals surface area contributed by atoms with Gasteiger partial charge in [-0.3, -0.25) is 4.72 Å². The summed E-state index contributed by atoms with van der Waals surface area (Å²) in [5, 5.41) is 9.73. The highest BCUT2D eigenvalue weighted by molar-refractivity contribution is 7.92. The average Bonchev–Trinajstić information content (AvgIpc) is 2.80. The molecular weight excluding hydrogens is 435 g/mol. The molecule has 0 aliphatic carbocycles. The minimum Gasteiger partial charge on any atom is -0.478 e. The lowest BCUT2D eigenvalue weighted by Crippen LogP contribution is -2.47. The van der Waals surface area contributed by atoms with E-state index in [2.05, 4.69) is 14.6 Å². The molecule has 4 rings (SSSR count). The number of hydrogen-bond donors (Lipinski definition) is 2. The predicted octanol–water partition coefficient (Wildman–Crippen LogP) is 3.17. The molecule has 32 heavy (non-hydrogen) atoms. The van der Waals surface area contributed by atoms with Crippen LogP contribution in [0.3, 0.4) is 0 Å². The van der Waals surface area contributed by atoms with E-state index in [0.29, 0.717) is 24.9 Å². The summed E-state index contributed by atoms with van der Waals surface area (Å²) < 4.78 is 40.5. The zero-order valence-electron chi connectivity index (χ0n) is 17.7. The van der Waals surface area contributed by atoms with Gasteiger partial charge >= 0.3 is 5.97 Å². The number of piperidine rings is 2. The molecule has 0 unspecified atom stereocenters. The number of likely N-dealkylation sites (tertiary alicyclic amines) is 1. The third-order valence-electron chi connectivity index (χ3n) is 6.14. The first kappa shape index (κ1) is 22.5. The predicted molar refractivity (Wildman–Crippen MR) is 119 cm³/mol. The molecule has 2 fully saturated rings. The Hall–Kier alpha value is -2.72. The van der Waals surface area contributed by atoms with E-state index in [-0.39, 0.29) is 16.1 Å². The Balaban J connectivity index is 1.49. The molecule has 2 N–H and O–H groups in total. The van der Waals surface area contributed by atoms with Crippen molar-refractivity contribution in [3.05, 3.63) is 47.9 Å². The first-order chi connectivity index (χ1) is 15.3. The van der Waals surface area contributed by atoms with Crippen LogP contribution in [0.15, 0.2) is 41.4 Å². The van der Waals surface area contributed by atoms with Crippen molar-refractivity contribution >= 4 is 27.5 Å². The van der Waals surface area contributed by atoms with Gasteiger partial charge in [0, 0.05) is 19.1 Å². The SMILES string of the molecule is O=C(O)c1cc(NS(=O)(=O)c2ccc(F)cc2)cnc1N1CCC(N2CCCCC2)CC1. The molecule has 0 radical (unpaired) electrons. The quantitative estimate of drug-likeness (QED) is 0.680. The van der Waals surface area contributed by atoms with Crippen LogP contribution in [0, 0.1) is 5.82 Å². The van der Waals surface area contributed by atoms with Gasteiger partial charge in [-0.15, -0.1) is 0 Å². The van der Waals surface area contributed by atoms with Gasteiger partial charge in [-0.05, 0) is 69.1 Å². The largest absolute Gasteiger partial charge is 0.478 e.